The Morgan fingerprint density at radius 1 is 1.32 bits per heavy atom. The molecule has 0 aliphatic rings. The van der Waals surface area contributed by atoms with Crippen LogP contribution in [0.5, 0.6) is 0 Å². The van der Waals surface area contributed by atoms with Gasteiger partial charge in [0.2, 0.25) is 0 Å². The van der Waals surface area contributed by atoms with E-state index in [0.29, 0.717) is 11.4 Å². The van der Waals surface area contributed by atoms with Crippen molar-refractivity contribution < 1.29 is 19.4 Å². The Bertz CT molecular complexity index is 604. The summed E-state index contributed by atoms with van der Waals surface area (Å²) in [5.41, 5.74) is 1.38. The molecule has 0 spiro atoms. The number of benzene rings is 1. The largest absolute Gasteiger partial charge is 0.478 e. The van der Waals surface area contributed by atoms with Crippen molar-refractivity contribution in [3.63, 3.8) is 0 Å². The van der Waals surface area contributed by atoms with Gasteiger partial charge in [-0.1, -0.05) is 5.21 Å². The van der Waals surface area contributed by atoms with Gasteiger partial charge >= 0.3 is 11.9 Å². The fraction of sp³-hybridized carbons (Fsp3) is 0.167. The molecule has 0 radical (unpaired) electrons. The zero-order valence-corrected chi connectivity index (χ0v) is 10.1. The molecule has 1 N–H and O–H groups in total. The first-order valence-electron chi connectivity index (χ1n) is 5.44. The zero-order chi connectivity index (χ0) is 13.8. The highest BCUT2D eigenvalue weighted by Crippen LogP contribution is 2.09. The Labute approximate surface area is 108 Å². The minimum atomic E-state index is -0.985. The molecule has 0 atom stereocenters. The number of carboxylic acids is 1. The average molecular weight is 261 g/mol. The lowest BCUT2D eigenvalue weighted by atomic mass is 10.2. The van der Waals surface area contributed by atoms with E-state index in [9.17, 15) is 9.59 Å². The van der Waals surface area contributed by atoms with Crippen molar-refractivity contribution >= 4 is 11.9 Å². The molecule has 0 amide bonds. The highest BCUT2D eigenvalue weighted by Gasteiger charge is 2.06. The average Bonchev–Trinajstić information content (AvgIpc) is 2.85. The minimum absolute atomic E-state index is 0.0581. The summed E-state index contributed by atoms with van der Waals surface area (Å²) in [7, 11) is 0. The molecular formula is C12H11N3O4. The molecule has 0 saturated carbocycles. The van der Waals surface area contributed by atoms with E-state index >= 15 is 0 Å². The van der Waals surface area contributed by atoms with Crippen molar-refractivity contribution in [2.75, 3.05) is 0 Å². The second-order valence-corrected chi connectivity index (χ2v) is 3.79. The molecule has 1 aromatic heterocycles. The number of rotatable bonds is 4. The van der Waals surface area contributed by atoms with E-state index in [4.69, 9.17) is 9.84 Å². The Morgan fingerprint density at radius 3 is 2.58 bits per heavy atom. The van der Waals surface area contributed by atoms with Crippen LogP contribution in [0.3, 0.4) is 0 Å². The summed E-state index contributed by atoms with van der Waals surface area (Å²) in [4.78, 5) is 21.4. The standard InChI is InChI=1S/C12H11N3O4/c1-8(16)19-7-10-6-15(14-13-10)11-4-2-9(3-5-11)12(17)18/h2-6H,7H2,1H3,(H,17,18). The Kier molecular flexibility index (Phi) is 3.56. The number of ether oxygens (including phenoxy) is 1. The molecule has 0 aliphatic heterocycles. The fourth-order valence-electron chi connectivity index (χ4n) is 1.42. The van der Waals surface area contributed by atoms with Crippen molar-refractivity contribution in [1.82, 2.24) is 15.0 Å². The third-order valence-corrected chi connectivity index (χ3v) is 2.34. The fourth-order valence-corrected chi connectivity index (χ4v) is 1.42. The predicted molar refractivity (Wildman–Crippen MR) is 63.8 cm³/mol. The molecule has 2 rings (SSSR count). The molecule has 98 valence electrons. The van der Waals surface area contributed by atoms with E-state index in [2.05, 4.69) is 10.3 Å². The number of aromatic carboxylic acids is 1. The third kappa shape index (κ3) is 3.15. The molecule has 0 unspecified atom stereocenters. The molecule has 19 heavy (non-hydrogen) atoms. The minimum Gasteiger partial charge on any atom is -0.478 e. The van der Waals surface area contributed by atoms with Crippen LogP contribution in [0.25, 0.3) is 5.69 Å². The molecule has 0 bridgehead atoms. The molecule has 0 saturated heterocycles. The lowest BCUT2D eigenvalue weighted by Gasteiger charge is -2.00. The van der Waals surface area contributed by atoms with E-state index in [1.54, 1.807) is 18.3 Å². The van der Waals surface area contributed by atoms with E-state index in [1.165, 1.54) is 23.7 Å². The first-order valence-corrected chi connectivity index (χ1v) is 5.44. The van der Waals surface area contributed by atoms with Crippen molar-refractivity contribution in [2.24, 2.45) is 0 Å². The molecule has 1 heterocycles. The number of hydrogen-bond acceptors (Lipinski definition) is 5. The normalized spacial score (nSPS) is 10.2. The lowest BCUT2D eigenvalue weighted by Crippen LogP contribution is -1.99. The number of carboxylic acid groups (broad SMARTS) is 1. The zero-order valence-electron chi connectivity index (χ0n) is 10.1. The summed E-state index contributed by atoms with van der Waals surface area (Å²) >= 11 is 0. The molecule has 0 aliphatic carbocycles. The van der Waals surface area contributed by atoms with Gasteiger partial charge in [0.15, 0.2) is 0 Å². The summed E-state index contributed by atoms with van der Waals surface area (Å²) in [6.07, 6.45) is 1.61. The quantitative estimate of drug-likeness (QED) is 0.826. The van der Waals surface area contributed by atoms with Gasteiger partial charge in [0.1, 0.15) is 12.3 Å². The van der Waals surface area contributed by atoms with Crippen molar-refractivity contribution in [3.05, 3.63) is 41.7 Å². The van der Waals surface area contributed by atoms with Gasteiger partial charge in [0.05, 0.1) is 17.4 Å². The number of aromatic nitrogens is 3. The van der Waals surface area contributed by atoms with Gasteiger partial charge < -0.3 is 9.84 Å². The Morgan fingerprint density at radius 2 is 2.00 bits per heavy atom. The van der Waals surface area contributed by atoms with Crippen LogP contribution in [0.15, 0.2) is 30.5 Å². The molecule has 0 fully saturated rings. The van der Waals surface area contributed by atoms with Crippen molar-refractivity contribution in [3.8, 4) is 5.69 Å². The number of carbonyl (C=O) groups excluding carboxylic acids is 1. The predicted octanol–water partition coefficient (Wildman–Crippen LogP) is 1.03. The van der Waals surface area contributed by atoms with Crippen LogP contribution in [0.1, 0.15) is 23.0 Å². The van der Waals surface area contributed by atoms with Crippen molar-refractivity contribution in [1.29, 1.82) is 0 Å². The first-order chi connectivity index (χ1) is 9.06. The van der Waals surface area contributed by atoms with Crippen LogP contribution in [0, 0.1) is 0 Å². The van der Waals surface area contributed by atoms with Gasteiger partial charge in [-0.15, -0.1) is 5.10 Å². The SMILES string of the molecule is CC(=O)OCc1cn(-c2ccc(C(=O)O)cc2)nn1. The topological polar surface area (TPSA) is 94.3 Å². The molecule has 7 heteroatoms. The van der Waals surface area contributed by atoms with Gasteiger partial charge in [0, 0.05) is 6.92 Å². The smallest absolute Gasteiger partial charge is 0.335 e. The Hall–Kier alpha value is -2.70. The number of carbonyl (C=O) groups is 2. The van der Waals surface area contributed by atoms with E-state index < -0.39 is 5.97 Å². The number of hydrogen-bond donors (Lipinski definition) is 1. The maximum Gasteiger partial charge on any atom is 0.335 e. The number of esters is 1. The van der Waals surface area contributed by atoms with Crippen LogP contribution in [-0.4, -0.2) is 32.0 Å². The van der Waals surface area contributed by atoms with Crippen LogP contribution in [0.4, 0.5) is 0 Å². The monoisotopic (exact) mass is 261 g/mol. The second kappa shape index (κ2) is 5.30. The lowest BCUT2D eigenvalue weighted by molar-refractivity contribution is -0.142. The second-order valence-electron chi connectivity index (χ2n) is 3.79. The number of nitrogens with zero attached hydrogens (tertiary/aromatic N) is 3. The van der Waals surface area contributed by atoms with Gasteiger partial charge in [0.25, 0.3) is 0 Å². The van der Waals surface area contributed by atoms with Gasteiger partial charge in [-0.25, -0.2) is 9.48 Å². The molecule has 1 aromatic carbocycles. The summed E-state index contributed by atoms with van der Waals surface area (Å²) in [6, 6.07) is 6.19. The maximum atomic E-state index is 10.7. The highest BCUT2D eigenvalue weighted by molar-refractivity contribution is 5.87. The van der Waals surface area contributed by atoms with E-state index in [1.807, 2.05) is 0 Å². The first kappa shape index (κ1) is 12.7. The maximum absolute atomic E-state index is 10.7. The summed E-state index contributed by atoms with van der Waals surface area (Å²) in [5.74, 6) is -1.37. The summed E-state index contributed by atoms with van der Waals surface area (Å²) < 4.78 is 6.27. The van der Waals surface area contributed by atoms with E-state index in [-0.39, 0.29) is 18.1 Å². The van der Waals surface area contributed by atoms with Crippen LogP contribution >= 0.6 is 0 Å². The van der Waals surface area contributed by atoms with Crippen LogP contribution in [-0.2, 0) is 16.1 Å². The summed E-state index contributed by atoms with van der Waals surface area (Å²) in [6.45, 7) is 1.37. The highest BCUT2D eigenvalue weighted by atomic mass is 16.5. The van der Waals surface area contributed by atoms with Gasteiger partial charge in [-0.2, -0.15) is 0 Å². The molecular weight excluding hydrogens is 250 g/mol. The van der Waals surface area contributed by atoms with Crippen LogP contribution in [0.2, 0.25) is 0 Å². The molecule has 7 nitrogen and oxygen atoms in total. The van der Waals surface area contributed by atoms with Gasteiger partial charge in [-0.05, 0) is 24.3 Å². The van der Waals surface area contributed by atoms with Gasteiger partial charge in [-0.3, -0.25) is 4.79 Å². The molecule has 2 aromatic rings. The van der Waals surface area contributed by atoms with Crippen LogP contribution < -0.4 is 0 Å². The third-order valence-electron chi connectivity index (χ3n) is 2.34. The Balaban J connectivity index is 2.13. The van der Waals surface area contributed by atoms with Crippen molar-refractivity contribution in [2.45, 2.75) is 13.5 Å². The van der Waals surface area contributed by atoms with E-state index in [0.717, 1.165) is 0 Å². The summed E-state index contributed by atoms with van der Waals surface area (Å²) in [5, 5.41) is 16.5.